The number of carboxylic acid groups (broad SMARTS) is 1. The molecule has 0 unspecified atom stereocenters. The van der Waals surface area contributed by atoms with Crippen LogP contribution in [0.2, 0.25) is 0 Å². The maximum absolute atomic E-state index is 12.0. The van der Waals surface area contributed by atoms with Crippen molar-refractivity contribution in [2.24, 2.45) is 5.14 Å². The Hall–Kier alpha value is -2.65. The second-order valence-electron chi connectivity index (χ2n) is 5.59. The number of benzene rings is 1. The zero-order chi connectivity index (χ0) is 19.2. The molecular weight excluding hydrogens is 358 g/mol. The van der Waals surface area contributed by atoms with Crippen LogP contribution in [-0.4, -0.2) is 31.0 Å². The summed E-state index contributed by atoms with van der Waals surface area (Å²) in [6.07, 6.45) is 3.33. The van der Waals surface area contributed by atoms with Crippen molar-refractivity contribution in [3.05, 3.63) is 47.8 Å². The highest BCUT2D eigenvalue weighted by molar-refractivity contribution is 7.89. The van der Waals surface area contributed by atoms with Gasteiger partial charge in [0.2, 0.25) is 10.0 Å². The minimum atomic E-state index is -4.20. The van der Waals surface area contributed by atoms with Crippen LogP contribution >= 0.6 is 0 Å². The van der Waals surface area contributed by atoms with E-state index in [4.69, 9.17) is 9.88 Å². The summed E-state index contributed by atoms with van der Waals surface area (Å²) in [6.45, 7) is 2.55. The Morgan fingerprint density at radius 2 is 2.12 bits per heavy atom. The predicted molar refractivity (Wildman–Crippen MR) is 96.7 cm³/mol. The van der Waals surface area contributed by atoms with Crippen molar-refractivity contribution in [2.45, 2.75) is 31.3 Å². The molecular formula is C17H21N3O5S. The van der Waals surface area contributed by atoms with Crippen LogP contribution in [0.1, 0.15) is 35.8 Å². The fourth-order valence-electron chi connectivity index (χ4n) is 2.25. The Kier molecular flexibility index (Phi) is 6.53. The second-order valence-corrected chi connectivity index (χ2v) is 7.12. The molecule has 0 spiro atoms. The molecule has 0 amide bonds. The number of pyridine rings is 1. The molecule has 2 aromatic rings. The number of anilines is 1. The molecule has 0 aliphatic carbocycles. The number of nitrogens with zero attached hydrogens (tertiary/aromatic N) is 1. The van der Waals surface area contributed by atoms with E-state index in [1.165, 1.54) is 6.07 Å². The van der Waals surface area contributed by atoms with Gasteiger partial charge in [0.25, 0.3) is 0 Å². The Labute approximate surface area is 152 Å². The van der Waals surface area contributed by atoms with Crippen molar-refractivity contribution in [2.75, 3.05) is 11.9 Å². The number of ether oxygens (including phenoxy) is 1. The summed E-state index contributed by atoms with van der Waals surface area (Å²) in [4.78, 5) is 15.1. The van der Waals surface area contributed by atoms with Gasteiger partial charge in [-0.2, -0.15) is 0 Å². The van der Waals surface area contributed by atoms with Gasteiger partial charge in [-0.15, -0.1) is 0 Å². The fourth-order valence-corrected chi connectivity index (χ4v) is 2.97. The van der Waals surface area contributed by atoms with Crippen LogP contribution in [0, 0.1) is 0 Å². The molecule has 0 aliphatic rings. The Bertz CT molecular complexity index is 869. The summed E-state index contributed by atoms with van der Waals surface area (Å²) < 4.78 is 29.6. The summed E-state index contributed by atoms with van der Waals surface area (Å²) in [5, 5.41) is 17.6. The molecule has 1 heterocycles. The molecule has 0 atom stereocenters. The highest BCUT2D eigenvalue weighted by Crippen LogP contribution is 2.34. The lowest BCUT2D eigenvalue weighted by Crippen LogP contribution is -2.17. The van der Waals surface area contributed by atoms with E-state index in [1.807, 2.05) is 6.92 Å². The van der Waals surface area contributed by atoms with E-state index in [-0.39, 0.29) is 28.5 Å². The zero-order valence-electron chi connectivity index (χ0n) is 14.3. The Morgan fingerprint density at radius 3 is 2.69 bits per heavy atom. The third-order valence-electron chi connectivity index (χ3n) is 3.54. The third kappa shape index (κ3) is 5.17. The lowest BCUT2D eigenvalue weighted by atomic mass is 10.1. The number of aromatic nitrogens is 1. The molecule has 4 N–H and O–H groups in total. The van der Waals surface area contributed by atoms with Crippen molar-refractivity contribution in [3.63, 3.8) is 0 Å². The predicted octanol–water partition coefficient (Wildman–Crippen LogP) is 2.22. The highest BCUT2D eigenvalue weighted by Gasteiger charge is 2.23. The molecule has 9 heteroatoms. The first-order valence-corrected chi connectivity index (χ1v) is 9.58. The quantitative estimate of drug-likeness (QED) is 0.569. The van der Waals surface area contributed by atoms with E-state index in [9.17, 15) is 18.3 Å². The van der Waals surface area contributed by atoms with Gasteiger partial charge in [0.15, 0.2) is 5.75 Å². The topological polar surface area (TPSA) is 132 Å². The van der Waals surface area contributed by atoms with Crippen molar-refractivity contribution in [3.8, 4) is 5.75 Å². The fraction of sp³-hybridized carbons (Fsp3) is 0.294. The Balaban J connectivity index is 2.47. The van der Waals surface area contributed by atoms with E-state index in [1.54, 1.807) is 24.4 Å². The van der Waals surface area contributed by atoms with Gasteiger partial charge in [-0.05, 0) is 30.7 Å². The average Bonchev–Trinajstić information content (AvgIpc) is 2.60. The Morgan fingerprint density at radius 1 is 1.35 bits per heavy atom. The molecule has 26 heavy (non-hydrogen) atoms. The molecule has 0 saturated carbocycles. The van der Waals surface area contributed by atoms with E-state index >= 15 is 0 Å². The molecule has 140 valence electrons. The van der Waals surface area contributed by atoms with Gasteiger partial charge >= 0.3 is 5.97 Å². The minimum absolute atomic E-state index is 0.0121. The number of nitrogens with one attached hydrogen (secondary N) is 1. The first-order chi connectivity index (χ1) is 12.3. The van der Waals surface area contributed by atoms with Crippen LogP contribution in [0.3, 0.4) is 0 Å². The molecule has 8 nitrogen and oxygen atoms in total. The summed E-state index contributed by atoms with van der Waals surface area (Å²) in [5.74, 6) is -1.27. The number of hydrogen-bond acceptors (Lipinski definition) is 6. The lowest BCUT2D eigenvalue weighted by molar-refractivity contribution is 0.0696. The number of nitrogens with two attached hydrogens (primary N) is 1. The van der Waals surface area contributed by atoms with Crippen LogP contribution in [0.4, 0.5) is 5.69 Å². The van der Waals surface area contributed by atoms with Crippen LogP contribution in [0.25, 0.3) is 0 Å². The van der Waals surface area contributed by atoms with Crippen LogP contribution in [0.15, 0.2) is 41.4 Å². The number of hydrogen-bond donors (Lipinski definition) is 3. The number of carboxylic acids is 1. The molecule has 0 saturated heterocycles. The number of carbonyl (C=O) groups is 1. The smallest absolute Gasteiger partial charge is 0.335 e. The zero-order valence-corrected chi connectivity index (χ0v) is 15.1. The first-order valence-electron chi connectivity index (χ1n) is 8.03. The summed E-state index contributed by atoms with van der Waals surface area (Å²) in [6, 6.07) is 7.59. The van der Waals surface area contributed by atoms with Gasteiger partial charge in [0.1, 0.15) is 11.5 Å². The average molecular weight is 379 g/mol. The standard InChI is InChI=1S/C17H21N3O5S/c1-2-3-7-20-14-9-12(17(21)22)10-15(26(18,23)24)16(14)25-11-13-6-4-5-8-19-13/h4-6,8-10,20H,2-3,7,11H2,1H3,(H,21,22)(H2,18,23,24). The molecule has 0 aliphatic heterocycles. The van der Waals surface area contributed by atoms with E-state index in [2.05, 4.69) is 10.3 Å². The van der Waals surface area contributed by atoms with E-state index in [0.717, 1.165) is 18.9 Å². The molecule has 2 rings (SSSR count). The third-order valence-corrected chi connectivity index (χ3v) is 4.46. The van der Waals surface area contributed by atoms with Gasteiger partial charge < -0.3 is 15.2 Å². The van der Waals surface area contributed by atoms with Crippen molar-refractivity contribution in [1.82, 2.24) is 4.98 Å². The molecule has 0 radical (unpaired) electrons. The maximum Gasteiger partial charge on any atom is 0.335 e. The van der Waals surface area contributed by atoms with Crippen LogP contribution in [0.5, 0.6) is 5.75 Å². The molecule has 0 fully saturated rings. The highest BCUT2D eigenvalue weighted by atomic mass is 32.2. The van der Waals surface area contributed by atoms with Crippen LogP contribution < -0.4 is 15.2 Å². The van der Waals surface area contributed by atoms with Gasteiger partial charge in [-0.25, -0.2) is 18.4 Å². The van der Waals surface area contributed by atoms with Gasteiger partial charge in [0, 0.05) is 12.7 Å². The maximum atomic E-state index is 12.0. The number of aromatic carboxylic acids is 1. The normalized spacial score (nSPS) is 11.2. The van der Waals surface area contributed by atoms with Gasteiger partial charge in [-0.3, -0.25) is 4.98 Å². The monoisotopic (exact) mass is 379 g/mol. The summed E-state index contributed by atoms with van der Waals surface area (Å²) in [7, 11) is -4.20. The first kappa shape index (κ1) is 19.7. The van der Waals surface area contributed by atoms with Crippen molar-refractivity contribution >= 4 is 21.7 Å². The van der Waals surface area contributed by atoms with Crippen LogP contribution in [-0.2, 0) is 16.6 Å². The number of sulfonamides is 1. The SMILES string of the molecule is CCCCNc1cc(C(=O)O)cc(S(N)(=O)=O)c1OCc1ccccn1. The second kappa shape index (κ2) is 8.63. The number of unbranched alkanes of at least 4 members (excludes halogenated alkanes) is 1. The summed E-state index contributed by atoms with van der Waals surface area (Å²) in [5.41, 5.74) is 0.659. The minimum Gasteiger partial charge on any atom is -0.484 e. The number of primary sulfonamides is 1. The van der Waals surface area contributed by atoms with Crippen molar-refractivity contribution in [1.29, 1.82) is 0 Å². The summed E-state index contributed by atoms with van der Waals surface area (Å²) >= 11 is 0. The van der Waals surface area contributed by atoms with Gasteiger partial charge in [0.05, 0.1) is 16.9 Å². The van der Waals surface area contributed by atoms with E-state index < -0.39 is 16.0 Å². The van der Waals surface area contributed by atoms with Gasteiger partial charge in [-0.1, -0.05) is 19.4 Å². The van der Waals surface area contributed by atoms with E-state index in [0.29, 0.717) is 12.2 Å². The number of rotatable bonds is 9. The molecule has 1 aromatic heterocycles. The largest absolute Gasteiger partial charge is 0.484 e. The lowest BCUT2D eigenvalue weighted by Gasteiger charge is -2.17. The van der Waals surface area contributed by atoms with Crippen molar-refractivity contribution < 1.29 is 23.1 Å². The molecule has 1 aromatic carbocycles. The molecule has 0 bridgehead atoms.